The number of carbonyl (C=O) groups is 1. The minimum absolute atomic E-state index is 0.0479. The molecule has 0 saturated heterocycles. The van der Waals surface area contributed by atoms with E-state index in [-0.39, 0.29) is 38.3 Å². The van der Waals surface area contributed by atoms with Crippen molar-refractivity contribution in [3.05, 3.63) is 501 Å². The number of furan rings is 1. The van der Waals surface area contributed by atoms with Crippen LogP contribution in [0.1, 0.15) is 194 Å². The predicted molar refractivity (Wildman–Crippen MR) is 589 cm³/mol. The third-order valence-electron chi connectivity index (χ3n) is 33.4. The molecule has 0 bridgehead atoms. The Morgan fingerprint density at radius 2 is 0.518 bits per heavy atom. The minimum Gasteiger partial charge on any atom is -0.455 e. The van der Waals surface area contributed by atoms with Gasteiger partial charge in [0.15, 0.2) is 5.78 Å². The fourth-order valence-electron chi connectivity index (χ4n) is 26.1. The van der Waals surface area contributed by atoms with Crippen molar-refractivity contribution in [3.63, 3.8) is 0 Å². The summed E-state index contributed by atoms with van der Waals surface area (Å²) in [6.45, 7) is 27.8. The van der Waals surface area contributed by atoms with Gasteiger partial charge in [0, 0.05) is 65.5 Å². The Hall–Kier alpha value is -15.9. The molecule has 3 heteroatoms. The summed E-state index contributed by atoms with van der Waals surface area (Å²) in [5, 5.41) is 22.0. The molecule has 3 nitrogen and oxygen atoms in total. The molecule has 29 rings (SSSR count). The summed E-state index contributed by atoms with van der Waals surface area (Å²) in [5.41, 5.74) is 49.4. The summed E-state index contributed by atoms with van der Waals surface area (Å²) >= 11 is 0. The van der Waals surface area contributed by atoms with Crippen molar-refractivity contribution < 1.29 is 14.3 Å². The van der Waals surface area contributed by atoms with Crippen molar-refractivity contribution in [2.75, 3.05) is 0 Å². The Morgan fingerprint density at radius 1 is 0.234 bits per heavy atom. The topological polar surface area (TPSA) is 50.4 Å². The molecule has 0 spiro atoms. The predicted octanol–water partition coefficient (Wildman–Crippen LogP) is 35.9. The van der Waals surface area contributed by atoms with Crippen molar-refractivity contribution in [2.24, 2.45) is 0 Å². The fourth-order valence-corrected chi connectivity index (χ4v) is 26.1. The van der Waals surface area contributed by atoms with Crippen LogP contribution in [0.4, 0.5) is 0 Å². The van der Waals surface area contributed by atoms with Gasteiger partial charge in [-0.05, 0) is 263 Å². The highest BCUT2D eigenvalue weighted by Gasteiger charge is 2.44. The van der Waals surface area contributed by atoms with Gasteiger partial charge in [-0.3, -0.25) is 4.79 Å². The Balaban J connectivity index is 0.000000103. The van der Waals surface area contributed by atoms with Gasteiger partial charge in [0.25, 0.3) is 0 Å². The number of fused-ring (bicyclic) bond motifs is 23. The molecule has 0 saturated carbocycles. The molecule has 0 aliphatic heterocycles. The lowest BCUT2D eigenvalue weighted by Gasteiger charge is -2.25. The lowest BCUT2D eigenvalue weighted by atomic mass is 9.78. The summed E-state index contributed by atoms with van der Waals surface area (Å²) < 4.78 is 6.85. The molecule has 0 amide bonds. The first kappa shape index (κ1) is 85.5. The number of hydrogen-bond acceptors (Lipinski definition) is 3. The summed E-state index contributed by atoms with van der Waals surface area (Å²) in [7, 11) is 0. The quantitative estimate of drug-likeness (QED) is 0.154. The van der Waals surface area contributed by atoms with Gasteiger partial charge in [0.1, 0.15) is 17.6 Å². The van der Waals surface area contributed by atoms with E-state index in [1.807, 2.05) is 36.4 Å². The van der Waals surface area contributed by atoms with Crippen molar-refractivity contribution in [1.29, 1.82) is 0 Å². The molecule has 8 aliphatic rings. The van der Waals surface area contributed by atoms with Crippen molar-refractivity contribution in [2.45, 2.75) is 122 Å². The van der Waals surface area contributed by atoms with Crippen LogP contribution >= 0.6 is 0 Å². The Kier molecular flexibility index (Phi) is 19.0. The Labute approximate surface area is 825 Å². The number of hydrogen-bond donors (Lipinski definition) is 1. The molecular formula is C138H106O3. The van der Waals surface area contributed by atoms with E-state index in [2.05, 4.69) is 459 Å². The lowest BCUT2D eigenvalue weighted by molar-refractivity contribution is 0.103. The summed E-state index contributed by atoms with van der Waals surface area (Å²) in [5.74, 6) is 1.81. The zero-order valence-corrected chi connectivity index (χ0v) is 81.6. The van der Waals surface area contributed by atoms with E-state index in [1.165, 1.54) is 216 Å². The molecule has 20 aromatic carbocycles. The largest absolute Gasteiger partial charge is 0.455 e. The van der Waals surface area contributed by atoms with Crippen LogP contribution in [0, 0.1) is 0 Å². The van der Waals surface area contributed by atoms with Crippen molar-refractivity contribution in [1.82, 2.24) is 0 Å². The fraction of sp³-hybridized carbons (Fsp3) is 0.138. The monoisotopic (exact) mass is 1810 g/mol. The summed E-state index contributed by atoms with van der Waals surface area (Å²) in [6, 6.07) is 145. The van der Waals surface area contributed by atoms with Crippen LogP contribution in [0.25, 0.3) is 189 Å². The number of ketones is 1. The van der Waals surface area contributed by atoms with Gasteiger partial charge in [-0.2, -0.15) is 0 Å². The zero-order valence-electron chi connectivity index (χ0n) is 81.6. The van der Waals surface area contributed by atoms with Gasteiger partial charge in [-0.15, -0.1) is 0 Å². The molecule has 8 aliphatic carbocycles. The van der Waals surface area contributed by atoms with Crippen LogP contribution in [0.15, 0.2) is 405 Å². The molecule has 676 valence electrons. The standard InChI is InChI=1S/C50H36.C38H32O2.C38H30O.C12H8/c1-49(2)40-21-9-7-15-32(40)34-25-23-30(27-42(34)49)45-36-17-5-6-18-37(36)46(48-39-20-12-14-29-13-11-19-38(44(29)39)47(45)48)31-24-26-35-33-16-8-10-22-41(33)50(3,4)43(35)28-31;1-37(2)31-15-9-7-11-25(31)27-19-17-23(21-33(27)37)35(39)29-13-5-6-14-30(29)36(40)24-18-20-28-26-12-8-10-16-32(26)38(3,4)34(28)22-24;1-37(2)31-15-9-7-11-25(31)27-19-17-23(21-33(27)37)35-29-13-5-6-14-30(29)36(39-35)24-18-20-28-26-12-8-10-16-32(26)38(3,4)34(28)22-24;1-3-9-4-2-6-11-8-7-10(5-1)12(9)11/h5-28H,1-4H3;5-22,35,39H,1-4H3;5-22H,1-4H3;1-8H. The normalized spacial score (nSPS) is 15.3. The van der Waals surface area contributed by atoms with E-state index >= 15 is 0 Å². The molecule has 21 aromatic rings. The van der Waals surface area contributed by atoms with Gasteiger partial charge in [0.05, 0.1) is 0 Å². The average Bonchev–Trinajstić information content (AvgIpc) is 1.54. The molecule has 141 heavy (non-hydrogen) atoms. The van der Waals surface area contributed by atoms with Gasteiger partial charge >= 0.3 is 0 Å². The first-order chi connectivity index (χ1) is 68.3. The van der Waals surface area contributed by atoms with E-state index in [9.17, 15) is 9.90 Å². The summed E-state index contributed by atoms with van der Waals surface area (Å²) in [6.07, 6.45) is 3.44. The van der Waals surface area contributed by atoms with E-state index in [0.717, 1.165) is 44.5 Å². The van der Waals surface area contributed by atoms with Crippen LogP contribution in [0.3, 0.4) is 0 Å². The number of benzene rings is 20. The maximum Gasteiger partial charge on any atom is 0.193 e. The summed E-state index contributed by atoms with van der Waals surface area (Å²) in [4.78, 5) is 14.0. The van der Waals surface area contributed by atoms with Crippen LogP contribution in [0.2, 0.25) is 0 Å². The third kappa shape index (κ3) is 12.7. The molecule has 1 unspecified atom stereocenters. The molecule has 1 atom stereocenters. The zero-order chi connectivity index (χ0) is 95.8. The maximum absolute atomic E-state index is 14.0. The van der Waals surface area contributed by atoms with Crippen molar-refractivity contribution in [3.8, 4) is 134 Å². The van der Waals surface area contributed by atoms with E-state index in [4.69, 9.17) is 4.42 Å². The van der Waals surface area contributed by atoms with Crippen LogP contribution < -0.4 is 0 Å². The smallest absolute Gasteiger partial charge is 0.193 e. The van der Waals surface area contributed by atoms with Crippen molar-refractivity contribution >= 4 is 61.0 Å². The minimum atomic E-state index is -0.917. The van der Waals surface area contributed by atoms with E-state index in [0.29, 0.717) is 16.7 Å². The van der Waals surface area contributed by atoms with Gasteiger partial charge in [0.2, 0.25) is 0 Å². The van der Waals surface area contributed by atoms with E-state index < -0.39 is 6.10 Å². The molecule has 0 fully saturated rings. The molecule has 1 N–H and O–H groups in total. The highest BCUT2D eigenvalue weighted by molar-refractivity contribution is 6.28. The third-order valence-corrected chi connectivity index (χ3v) is 33.4. The van der Waals surface area contributed by atoms with Crippen LogP contribution in [0.5, 0.6) is 0 Å². The molecule has 0 radical (unpaired) electrons. The maximum atomic E-state index is 14.0. The highest BCUT2D eigenvalue weighted by atomic mass is 16.3. The first-order valence-electron chi connectivity index (χ1n) is 50.0. The second kappa shape index (κ2) is 31.3. The van der Waals surface area contributed by atoms with Crippen LogP contribution in [-0.4, -0.2) is 10.9 Å². The number of rotatable bonds is 8. The highest BCUT2D eigenvalue weighted by Crippen LogP contribution is 2.63. The lowest BCUT2D eigenvalue weighted by Crippen LogP contribution is -2.17. The Morgan fingerprint density at radius 3 is 0.908 bits per heavy atom. The Bertz CT molecular complexity index is 8660. The van der Waals surface area contributed by atoms with E-state index in [1.54, 1.807) is 0 Å². The molecule has 1 aromatic heterocycles. The number of aliphatic hydroxyl groups is 1. The second-order valence-corrected chi connectivity index (χ2v) is 43.1. The van der Waals surface area contributed by atoms with Gasteiger partial charge < -0.3 is 9.52 Å². The first-order valence-corrected chi connectivity index (χ1v) is 50.0. The second-order valence-electron chi connectivity index (χ2n) is 43.1. The number of aliphatic hydroxyl groups excluding tert-OH is 1. The number of carbonyl (C=O) groups excluding carboxylic acids is 1. The molecule has 1 heterocycles. The molecular weight excluding hydrogens is 1710 g/mol. The average molecular weight is 1810 g/mol. The SMILES string of the molecule is C1=Cc2cccc3cccc1c23.CC1(C)c2ccccc2-c2ccc(-c3c4c(c(-c5ccc6c(c5)C(C)(C)c5ccccc5-6)c5ccccc35)-c3cccc5cccc-4c35)cc21.CC1(C)c2ccccc2-c2ccc(-c3oc(-c4ccc5c(c4)C(C)(C)c4ccccc4-5)c4ccccc34)cc21.CC1(C)c2ccccc2-c2ccc(C(=O)c3ccccc3C(O)c3ccc4c(c3)C(C)(C)c3ccccc3-4)cc21. The van der Waals surface area contributed by atoms with Gasteiger partial charge in [-0.1, -0.05) is 465 Å². The van der Waals surface area contributed by atoms with Gasteiger partial charge in [-0.25, -0.2) is 0 Å². The van der Waals surface area contributed by atoms with Crippen LogP contribution in [-0.2, 0) is 32.5 Å².